The van der Waals surface area contributed by atoms with E-state index in [1.807, 2.05) is 6.19 Å². The first-order chi connectivity index (χ1) is 10.2. The summed E-state index contributed by atoms with van der Waals surface area (Å²) in [7, 11) is 2.07. The van der Waals surface area contributed by atoms with Crippen molar-refractivity contribution in [1.82, 2.24) is 15.5 Å². The van der Waals surface area contributed by atoms with E-state index in [0.717, 1.165) is 32.7 Å². The van der Waals surface area contributed by atoms with Crippen LogP contribution in [0, 0.1) is 11.5 Å². The molecule has 0 aromatic carbocycles. The van der Waals surface area contributed by atoms with Crippen molar-refractivity contribution in [2.24, 2.45) is 4.99 Å². The molecule has 0 amide bonds. The van der Waals surface area contributed by atoms with Gasteiger partial charge in [0.15, 0.2) is 6.19 Å². The summed E-state index contributed by atoms with van der Waals surface area (Å²) in [5, 5.41) is 14.4. The van der Waals surface area contributed by atoms with Crippen molar-refractivity contribution in [3.05, 3.63) is 0 Å². The van der Waals surface area contributed by atoms with Crippen LogP contribution in [0.2, 0.25) is 0 Å². The van der Waals surface area contributed by atoms with E-state index in [4.69, 9.17) is 10.00 Å². The highest BCUT2D eigenvalue weighted by molar-refractivity contribution is 5.81. The minimum atomic E-state index is 0. The number of hydrogen-bond donors (Lipinski definition) is 2. The van der Waals surface area contributed by atoms with E-state index in [1.54, 1.807) is 0 Å². The minimum Gasteiger partial charge on any atom is -0.378 e. The van der Waals surface area contributed by atoms with Crippen LogP contribution in [0.4, 0.5) is 0 Å². The van der Waals surface area contributed by atoms with Gasteiger partial charge in [-0.25, -0.2) is 0 Å². The first-order valence-corrected chi connectivity index (χ1v) is 7.94. The molecular formula is C15H35N5O. The third kappa shape index (κ3) is 13.4. The van der Waals surface area contributed by atoms with Crippen molar-refractivity contribution < 1.29 is 7.59 Å². The number of ether oxygens (including phenoxy) is 1. The number of aliphatic imine (C=N–C) groups is 1. The minimum absolute atomic E-state index is 0. The average molecular weight is 301 g/mol. The van der Waals surface area contributed by atoms with Crippen molar-refractivity contribution in [2.45, 2.75) is 39.5 Å². The van der Waals surface area contributed by atoms with Crippen LogP contribution in [-0.4, -0.2) is 57.3 Å². The van der Waals surface area contributed by atoms with Crippen LogP contribution in [-0.2, 0) is 4.74 Å². The number of rotatable bonds is 12. The summed E-state index contributed by atoms with van der Waals surface area (Å²) in [6.45, 7) is 9.01. The van der Waals surface area contributed by atoms with Gasteiger partial charge in [-0.3, -0.25) is 10.3 Å². The van der Waals surface area contributed by atoms with E-state index in [0.29, 0.717) is 19.1 Å². The number of nitrogens with one attached hydrogen (secondary N) is 2. The summed E-state index contributed by atoms with van der Waals surface area (Å²) >= 11 is 0. The lowest BCUT2D eigenvalue weighted by atomic mass is 10.2. The Morgan fingerprint density at radius 3 is 2.76 bits per heavy atom. The van der Waals surface area contributed by atoms with Gasteiger partial charge in [-0.1, -0.05) is 33.1 Å². The van der Waals surface area contributed by atoms with Gasteiger partial charge in [-0.05, 0) is 20.0 Å². The van der Waals surface area contributed by atoms with E-state index >= 15 is 0 Å². The van der Waals surface area contributed by atoms with Crippen LogP contribution in [0.15, 0.2) is 4.99 Å². The molecule has 0 saturated heterocycles. The van der Waals surface area contributed by atoms with Crippen molar-refractivity contribution >= 4 is 5.96 Å². The molecule has 126 valence electrons. The van der Waals surface area contributed by atoms with Gasteiger partial charge in [-0.15, -0.1) is 0 Å². The number of unbranched alkanes of at least 4 members (excludes halogenated alkanes) is 3. The van der Waals surface area contributed by atoms with Crippen molar-refractivity contribution in [3.8, 4) is 6.19 Å². The lowest BCUT2D eigenvalue weighted by Crippen LogP contribution is -2.37. The van der Waals surface area contributed by atoms with Gasteiger partial charge >= 0.3 is 0 Å². The van der Waals surface area contributed by atoms with Gasteiger partial charge in [0.25, 0.3) is 0 Å². The SMILES string of the molecule is CCCCCCN=C(NC#N)NCCOCCN(C)CC.[HH].[HH]. The zero-order chi connectivity index (χ0) is 15.8. The lowest BCUT2D eigenvalue weighted by molar-refractivity contribution is 0.117. The van der Waals surface area contributed by atoms with E-state index in [1.165, 1.54) is 19.3 Å². The quantitative estimate of drug-likeness (QED) is 0.190. The number of nitriles is 1. The molecule has 2 N–H and O–H groups in total. The fourth-order valence-electron chi connectivity index (χ4n) is 1.64. The van der Waals surface area contributed by atoms with Crippen LogP contribution in [0.5, 0.6) is 0 Å². The maximum Gasteiger partial charge on any atom is 0.204 e. The molecule has 0 atom stereocenters. The highest BCUT2D eigenvalue weighted by Crippen LogP contribution is 1.98. The Kier molecular flexibility index (Phi) is 14.1. The Hall–Kier alpha value is -1.32. The Balaban J connectivity index is -0.00000200. The van der Waals surface area contributed by atoms with Crippen LogP contribution in [0.25, 0.3) is 0 Å². The lowest BCUT2D eigenvalue weighted by Gasteiger charge is -2.14. The van der Waals surface area contributed by atoms with Gasteiger partial charge in [-0.2, -0.15) is 5.26 Å². The Morgan fingerprint density at radius 1 is 1.29 bits per heavy atom. The molecule has 0 aliphatic carbocycles. The zero-order valence-corrected chi connectivity index (χ0v) is 13.8. The molecule has 0 saturated carbocycles. The maximum atomic E-state index is 8.69. The molecule has 21 heavy (non-hydrogen) atoms. The Bertz CT molecular complexity index is 311. The van der Waals surface area contributed by atoms with E-state index in [2.05, 4.69) is 41.4 Å². The molecule has 0 bridgehead atoms. The molecule has 0 unspecified atom stereocenters. The van der Waals surface area contributed by atoms with E-state index in [9.17, 15) is 0 Å². The normalized spacial score (nSPS) is 11.5. The second kappa shape index (κ2) is 15.1. The average Bonchev–Trinajstić information content (AvgIpc) is 2.49. The molecule has 0 aliphatic rings. The number of guanidine groups is 1. The molecular weight excluding hydrogens is 266 g/mol. The van der Waals surface area contributed by atoms with Crippen molar-refractivity contribution in [1.29, 1.82) is 5.26 Å². The highest BCUT2D eigenvalue weighted by atomic mass is 16.5. The second-order valence-corrected chi connectivity index (χ2v) is 4.96. The summed E-state index contributed by atoms with van der Waals surface area (Å²) < 4.78 is 5.52. The smallest absolute Gasteiger partial charge is 0.204 e. The van der Waals surface area contributed by atoms with Gasteiger partial charge in [0.2, 0.25) is 5.96 Å². The van der Waals surface area contributed by atoms with E-state index < -0.39 is 0 Å². The van der Waals surface area contributed by atoms with Crippen LogP contribution < -0.4 is 10.6 Å². The predicted molar refractivity (Wildman–Crippen MR) is 91.4 cm³/mol. The first-order valence-electron chi connectivity index (χ1n) is 7.94. The summed E-state index contributed by atoms with van der Waals surface area (Å²) in [6.07, 6.45) is 6.61. The molecule has 0 aromatic rings. The molecule has 0 fully saturated rings. The molecule has 0 radical (unpaired) electrons. The number of likely N-dealkylation sites (N-methyl/N-ethyl adjacent to an activating group) is 1. The zero-order valence-electron chi connectivity index (χ0n) is 13.8. The Morgan fingerprint density at radius 2 is 2.10 bits per heavy atom. The van der Waals surface area contributed by atoms with Gasteiger partial charge in [0.05, 0.1) is 13.2 Å². The first kappa shape index (κ1) is 19.7. The maximum absolute atomic E-state index is 8.69. The largest absolute Gasteiger partial charge is 0.378 e. The summed E-state index contributed by atoms with van der Waals surface area (Å²) in [5.74, 6) is 0.545. The van der Waals surface area contributed by atoms with Crippen LogP contribution in [0.3, 0.4) is 0 Å². The molecule has 0 spiro atoms. The number of nitrogens with zero attached hydrogens (tertiary/aromatic N) is 3. The summed E-state index contributed by atoms with van der Waals surface area (Å²) in [5.41, 5.74) is 0. The second-order valence-electron chi connectivity index (χ2n) is 4.96. The Labute approximate surface area is 132 Å². The molecule has 6 nitrogen and oxygen atoms in total. The molecule has 0 heterocycles. The van der Waals surface area contributed by atoms with Crippen LogP contribution in [0.1, 0.15) is 42.4 Å². The third-order valence-electron chi connectivity index (χ3n) is 3.15. The molecule has 6 heteroatoms. The summed E-state index contributed by atoms with van der Waals surface area (Å²) in [4.78, 5) is 6.55. The monoisotopic (exact) mass is 301 g/mol. The number of hydrogen-bond acceptors (Lipinski definition) is 4. The predicted octanol–water partition coefficient (Wildman–Crippen LogP) is 2.04. The molecule has 0 aromatic heterocycles. The van der Waals surface area contributed by atoms with Crippen molar-refractivity contribution in [2.75, 3.05) is 46.4 Å². The van der Waals surface area contributed by atoms with Gasteiger partial charge in [0, 0.05) is 22.5 Å². The molecule has 0 aliphatic heterocycles. The topological polar surface area (TPSA) is 72.7 Å². The van der Waals surface area contributed by atoms with Crippen LogP contribution >= 0.6 is 0 Å². The summed E-state index contributed by atoms with van der Waals surface area (Å²) in [6, 6.07) is 0. The van der Waals surface area contributed by atoms with Crippen molar-refractivity contribution in [3.63, 3.8) is 0 Å². The molecule has 0 rings (SSSR count). The fourth-order valence-corrected chi connectivity index (χ4v) is 1.64. The van der Waals surface area contributed by atoms with Gasteiger partial charge < -0.3 is 15.0 Å². The fraction of sp³-hybridized carbons (Fsp3) is 0.867. The standard InChI is InChI=1S/C15H31N5O.2H2/c1-4-6-7-8-9-17-15(19-14-16)18-10-12-21-13-11-20(3)5-2;;/h4-13H2,1-3H3,(H2,17,18,19);2*1H. The third-order valence-corrected chi connectivity index (χ3v) is 3.15. The van der Waals surface area contributed by atoms with E-state index in [-0.39, 0.29) is 2.85 Å². The highest BCUT2D eigenvalue weighted by Gasteiger charge is 1.98. The van der Waals surface area contributed by atoms with Gasteiger partial charge in [0.1, 0.15) is 0 Å².